The largest absolute Gasteiger partial charge is 0.496 e. The second kappa shape index (κ2) is 8.28. The molecule has 0 unspecified atom stereocenters. The highest BCUT2D eigenvalue weighted by Gasteiger charge is 2.16. The fraction of sp³-hybridized carbons (Fsp3) is 0.261. The molecule has 0 saturated heterocycles. The summed E-state index contributed by atoms with van der Waals surface area (Å²) in [6.45, 7) is 4.16. The van der Waals surface area contributed by atoms with Gasteiger partial charge in [-0.05, 0) is 49.2 Å². The first-order valence-corrected chi connectivity index (χ1v) is 10.4. The quantitative estimate of drug-likeness (QED) is 0.426. The number of esters is 1. The minimum Gasteiger partial charge on any atom is -0.496 e. The molecule has 0 amide bonds. The van der Waals surface area contributed by atoms with Gasteiger partial charge in [0, 0.05) is 11.9 Å². The Hall–Kier alpha value is -3.19. The number of thiazole rings is 1. The molecule has 30 heavy (non-hydrogen) atoms. The van der Waals surface area contributed by atoms with Crippen molar-refractivity contribution in [1.82, 2.24) is 14.5 Å². The van der Waals surface area contributed by atoms with Crippen LogP contribution in [0, 0.1) is 13.8 Å². The lowest BCUT2D eigenvalue weighted by Crippen LogP contribution is -2.07. The van der Waals surface area contributed by atoms with Crippen LogP contribution in [0.15, 0.2) is 42.7 Å². The van der Waals surface area contributed by atoms with Crippen molar-refractivity contribution in [3.05, 3.63) is 64.4 Å². The number of hydrogen-bond acceptors (Lipinski definition) is 6. The first-order chi connectivity index (χ1) is 14.4. The van der Waals surface area contributed by atoms with Gasteiger partial charge < -0.3 is 14.0 Å². The summed E-state index contributed by atoms with van der Waals surface area (Å²) in [5.74, 6) is 0.507. The highest BCUT2D eigenvalue weighted by Crippen LogP contribution is 2.35. The van der Waals surface area contributed by atoms with E-state index in [0.717, 1.165) is 49.1 Å². The zero-order valence-corrected chi connectivity index (χ0v) is 18.2. The van der Waals surface area contributed by atoms with Crippen molar-refractivity contribution < 1.29 is 14.3 Å². The maximum absolute atomic E-state index is 12.4. The molecular formula is C23H23N3O3S. The molecule has 0 aliphatic rings. The van der Waals surface area contributed by atoms with Crippen LogP contribution in [0.3, 0.4) is 0 Å². The monoisotopic (exact) mass is 421 g/mol. The molecule has 2 aromatic carbocycles. The minimum absolute atomic E-state index is 0.198. The molecule has 0 saturated carbocycles. The molecule has 0 N–H and O–H groups in total. The van der Waals surface area contributed by atoms with Crippen LogP contribution in [0.1, 0.15) is 21.7 Å². The number of aryl methyl sites for hydroxylation is 3. The topological polar surface area (TPSA) is 66.2 Å². The number of rotatable bonds is 6. The summed E-state index contributed by atoms with van der Waals surface area (Å²) in [5, 5.41) is 0.841. The van der Waals surface area contributed by atoms with Crippen LogP contribution in [-0.2, 0) is 29.6 Å². The van der Waals surface area contributed by atoms with Crippen molar-refractivity contribution in [2.24, 2.45) is 7.05 Å². The van der Waals surface area contributed by atoms with E-state index in [1.54, 1.807) is 13.4 Å². The first kappa shape index (κ1) is 20.1. The number of carbonyl (C=O) groups excluding carboxylic acids is 1. The van der Waals surface area contributed by atoms with Gasteiger partial charge in [0.25, 0.3) is 0 Å². The highest BCUT2D eigenvalue weighted by atomic mass is 32.1. The molecule has 6 nitrogen and oxygen atoms in total. The van der Waals surface area contributed by atoms with Crippen LogP contribution < -0.4 is 4.74 Å². The second-order valence-electron chi connectivity index (χ2n) is 7.25. The van der Waals surface area contributed by atoms with Crippen molar-refractivity contribution in [2.45, 2.75) is 26.9 Å². The van der Waals surface area contributed by atoms with E-state index in [-0.39, 0.29) is 19.0 Å². The van der Waals surface area contributed by atoms with E-state index < -0.39 is 0 Å². The van der Waals surface area contributed by atoms with Gasteiger partial charge in [-0.2, -0.15) is 0 Å². The molecule has 4 rings (SSSR count). The molecule has 0 fully saturated rings. The van der Waals surface area contributed by atoms with Crippen molar-refractivity contribution >= 4 is 28.3 Å². The van der Waals surface area contributed by atoms with Gasteiger partial charge >= 0.3 is 5.97 Å². The third-order valence-electron chi connectivity index (χ3n) is 4.97. The van der Waals surface area contributed by atoms with E-state index in [9.17, 15) is 4.79 Å². The summed E-state index contributed by atoms with van der Waals surface area (Å²) < 4.78 is 13.0. The standard InChI is InChI=1S/C23H23N3O3S/c1-14-5-7-17(20(9-14)28-4)23-25-15(2)21(30-23)11-22(27)29-12-16-6-8-19-18(10-16)24-13-26(19)3/h5-10,13H,11-12H2,1-4H3. The van der Waals surface area contributed by atoms with Gasteiger partial charge in [-0.3, -0.25) is 4.79 Å². The Balaban J connectivity index is 1.44. The summed E-state index contributed by atoms with van der Waals surface area (Å²) in [5.41, 5.74) is 5.74. The number of carbonyl (C=O) groups is 1. The zero-order chi connectivity index (χ0) is 21.3. The number of ether oxygens (including phenoxy) is 2. The minimum atomic E-state index is -0.273. The van der Waals surface area contributed by atoms with Gasteiger partial charge in [-0.1, -0.05) is 12.1 Å². The number of nitrogens with zero attached hydrogens (tertiary/aromatic N) is 3. The van der Waals surface area contributed by atoms with Gasteiger partial charge in [-0.15, -0.1) is 11.3 Å². The van der Waals surface area contributed by atoms with Gasteiger partial charge in [0.05, 0.1) is 42.1 Å². The maximum Gasteiger partial charge on any atom is 0.311 e. The normalized spacial score (nSPS) is 11.1. The maximum atomic E-state index is 12.4. The van der Waals surface area contributed by atoms with E-state index in [1.807, 2.05) is 61.9 Å². The molecular weight excluding hydrogens is 398 g/mol. The number of aromatic nitrogens is 3. The number of hydrogen-bond donors (Lipinski definition) is 0. The molecule has 0 radical (unpaired) electrons. The first-order valence-electron chi connectivity index (χ1n) is 9.61. The number of fused-ring (bicyclic) bond motifs is 1. The summed E-state index contributed by atoms with van der Waals surface area (Å²) >= 11 is 1.50. The zero-order valence-electron chi connectivity index (χ0n) is 17.4. The third-order valence-corrected chi connectivity index (χ3v) is 6.17. The second-order valence-corrected chi connectivity index (χ2v) is 8.33. The smallest absolute Gasteiger partial charge is 0.311 e. The molecule has 0 spiro atoms. The molecule has 2 aromatic heterocycles. The fourth-order valence-corrected chi connectivity index (χ4v) is 4.38. The Labute approximate surface area is 179 Å². The predicted octanol–water partition coefficient (Wildman–Crippen LogP) is 4.61. The van der Waals surface area contributed by atoms with Crippen molar-refractivity contribution in [3.63, 3.8) is 0 Å². The van der Waals surface area contributed by atoms with Crippen LogP contribution >= 0.6 is 11.3 Å². The average molecular weight is 422 g/mol. The molecule has 0 aliphatic heterocycles. The summed E-state index contributed by atoms with van der Waals surface area (Å²) in [6.07, 6.45) is 1.97. The summed E-state index contributed by atoms with van der Waals surface area (Å²) in [4.78, 5) is 22.3. The van der Waals surface area contributed by atoms with E-state index in [4.69, 9.17) is 9.47 Å². The fourth-order valence-electron chi connectivity index (χ4n) is 3.30. The lowest BCUT2D eigenvalue weighted by atomic mass is 10.1. The Morgan fingerprint density at radius 3 is 2.80 bits per heavy atom. The third kappa shape index (κ3) is 4.07. The summed E-state index contributed by atoms with van der Waals surface area (Å²) in [7, 11) is 3.60. The van der Waals surface area contributed by atoms with E-state index in [2.05, 4.69) is 9.97 Å². The molecule has 0 bridgehead atoms. The molecule has 0 atom stereocenters. The Morgan fingerprint density at radius 2 is 2.00 bits per heavy atom. The highest BCUT2D eigenvalue weighted by molar-refractivity contribution is 7.15. The number of benzene rings is 2. The predicted molar refractivity (Wildman–Crippen MR) is 118 cm³/mol. The molecule has 4 aromatic rings. The van der Waals surface area contributed by atoms with Gasteiger partial charge in [0.2, 0.25) is 0 Å². The van der Waals surface area contributed by atoms with Crippen molar-refractivity contribution in [3.8, 4) is 16.3 Å². The van der Waals surface area contributed by atoms with Crippen LogP contribution in [0.2, 0.25) is 0 Å². The van der Waals surface area contributed by atoms with Crippen molar-refractivity contribution in [1.29, 1.82) is 0 Å². The molecule has 7 heteroatoms. The summed E-state index contributed by atoms with van der Waals surface area (Å²) in [6, 6.07) is 11.9. The number of imidazole rings is 1. The van der Waals surface area contributed by atoms with Crippen LogP contribution in [-0.4, -0.2) is 27.6 Å². The molecule has 0 aliphatic carbocycles. The van der Waals surface area contributed by atoms with E-state index in [0.29, 0.717) is 0 Å². The van der Waals surface area contributed by atoms with E-state index in [1.165, 1.54) is 11.3 Å². The average Bonchev–Trinajstić information content (AvgIpc) is 3.28. The Kier molecular flexibility index (Phi) is 5.55. The molecule has 154 valence electrons. The van der Waals surface area contributed by atoms with Gasteiger partial charge in [-0.25, -0.2) is 9.97 Å². The number of methoxy groups -OCH3 is 1. The lowest BCUT2D eigenvalue weighted by Gasteiger charge is -2.06. The van der Waals surface area contributed by atoms with Gasteiger partial charge in [0.15, 0.2) is 0 Å². The molecule has 2 heterocycles. The van der Waals surface area contributed by atoms with Crippen LogP contribution in [0.5, 0.6) is 5.75 Å². The Bertz CT molecular complexity index is 1230. The van der Waals surface area contributed by atoms with Crippen LogP contribution in [0.4, 0.5) is 0 Å². The van der Waals surface area contributed by atoms with Crippen LogP contribution in [0.25, 0.3) is 21.6 Å². The van der Waals surface area contributed by atoms with Crippen molar-refractivity contribution in [2.75, 3.05) is 7.11 Å². The Morgan fingerprint density at radius 1 is 1.17 bits per heavy atom. The van der Waals surface area contributed by atoms with E-state index >= 15 is 0 Å². The lowest BCUT2D eigenvalue weighted by molar-refractivity contribution is -0.144. The SMILES string of the molecule is COc1cc(C)ccc1-c1nc(C)c(CC(=O)OCc2ccc3c(c2)ncn3C)s1. The van der Waals surface area contributed by atoms with Gasteiger partial charge in [0.1, 0.15) is 17.4 Å².